The Morgan fingerprint density at radius 1 is 1.14 bits per heavy atom. The number of hydrogen-bond donors (Lipinski definition) is 3. The van der Waals surface area contributed by atoms with E-state index in [1.807, 2.05) is 7.05 Å². The van der Waals surface area contributed by atoms with Crippen LogP contribution in [0.25, 0.3) is 0 Å². The molecule has 2 unspecified atom stereocenters. The highest BCUT2D eigenvalue weighted by molar-refractivity contribution is 14.0. The van der Waals surface area contributed by atoms with Crippen molar-refractivity contribution in [3.63, 3.8) is 0 Å². The maximum absolute atomic E-state index is 9.88. The molecule has 0 bridgehead atoms. The zero-order valence-corrected chi connectivity index (χ0v) is 16.0. The first-order chi connectivity index (χ1) is 10.3. The zero-order valence-electron chi connectivity index (χ0n) is 13.6. The highest BCUT2D eigenvalue weighted by Crippen LogP contribution is 2.29. The van der Waals surface area contributed by atoms with E-state index in [2.05, 4.69) is 20.5 Å². The molecule has 0 aromatic heterocycles. The molecule has 1 saturated heterocycles. The lowest BCUT2D eigenvalue weighted by Crippen LogP contribution is -2.50. The van der Waals surface area contributed by atoms with Crippen molar-refractivity contribution in [2.24, 2.45) is 10.9 Å². The van der Waals surface area contributed by atoms with E-state index in [9.17, 15) is 5.11 Å². The number of hydrogen-bond acceptors (Lipinski definition) is 3. The minimum absolute atomic E-state index is 0. The Labute approximate surface area is 151 Å². The van der Waals surface area contributed by atoms with Crippen molar-refractivity contribution in [2.45, 2.75) is 63.1 Å². The van der Waals surface area contributed by atoms with Gasteiger partial charge in [0.1, 0.15) is 0 Å². The smallest absolute Gasteiger partial charge is 0.191 e. The summed E-state index contributed by atoms with van der Waals surface area (Å²) in [5, 5.41) is 16.8. The summed E-state index contributed by atoms with van der Waals surface area (Å²) < 4.78 is 0. The van der Waals surface area contributed by atoms with Crippen molar-refractivity contribution in [2.75, 3.05) is 26.7 Å². The maximum atomic E-state index is 9.88. The van der Waals surface area contributed by atoms with Crippen molar-refractivity contribution in [1.82, 2.24) is 15.5 Å². The van der Waals surface area contributed by atoms with E-state index in [0.717, 1.165) is 37.8 Å². The molecule has 0 radical (unpaired) electrons. The molecule has 2 saturated carbocycles. The van der Waals surface area contributed by atoms with Crippen LogP contribution in [0.2, 0.25) is 0 Å². The van der Waals surface area contributed by atoms with Gasteiger partial charge < -0.3 is 20.6 Å². The van der Waals surface area contributed by atoms with Gasteiger partial charge in [-0.15, -0.1) is 24.0 Å². The fourth-order valence-electron chi connectivity index (χ4n) is 3.72. The summed E-state index contributed by atoms with van der Waals surface area (Å²) >= 11 is 0. The van der Waals surface area contributed by atoms with E-state index in [-0.39, 0.29) is 30.1 Å². The molecule has 0 amide bonds. The van der Waals surface area contributed by atoms with Crippen LogP contribution in [0.5, 0.6) is 0 Å². The van der Waals surface area contributed by atoms with Crippen molar-refractivity contribution in [3.05, 3.63) is 0 Å². The number of aliphatic hydroxyl groups is 1. The van der Waals surface area contributed by atoms with Crippen LogP contribution < -0.4 is 10.6 Å². The molecule has 128 valence electrons. The predicted molar refractivity (Wildman–Crippen MR) is 101 cm³/mol. The SMILES string of the molecule is CN=C(NCC1CCCC1O)NC1CCN(C2CC2)CC1.I. The topological polar surface area (TPSA) is 59.9 Å². The molecule has 1 aliphatic heterocycles. The Hall–Kier alpha value is -0.0800. The van der Waals surface area contributed by atoms with Crippen LogP contribution in [0, 0.1) is 5.92 Å². The molecule has 1 heterocycles. The average molecular weight is 422 g/mol. The van der Waals surface area contributed by atoms with E-state index in [4.69, 9.17) is 0 Å². The van der Waals surface area contributed by atoms with Gasteiger partial charge >= 0.3 is 0 Å². The molecule has 22 heavy (non-hydrogen) atoms. The Morgan fingerprint density at radius 3 is 2.41 bits per heavy atom. The average Bonchev–Trinajstić information content (AvgIpc) is 3.27. The van der Waals surface area contributed by atoms with E-state index in [0.29, 0.717) is 12.0 Å². The normalized spacial score (nSPS) is 30.9. The van der Waals surface area contributed by atoms with E-state index >= 15 is 0 Å². The van der Waals surface area contributed by atoms with Gasteiger partial charge in [-0.2, -0.15) is 0 Å². The quantitative estimate of drug-likeness (QED) is 0.366. The Balaban J connectivity index is 0.00000176. The molecule has 2 atom stereocenters. The molecular weight excluding hydrogens is 391 g/mol. The largest absolute Gasteiger partial charge is 0.393 e. The van der Waals surface area contributed by atoms with Crippen LogP contribution in [0.3, 0.4) is 0 Å². The molecule has 3 aliphatic rings. The second-order valence-corrected chi connectivity index (χ2v) is 6.90. The molecule has 0 aromatic carbocycles. The summed E-state index contributed by atoms with van der Waals surface area (Å²) in [4.78, 5) is 6.98. The monoisotopic (exact) mass is 422 g/mol. The van der Waals surface area contributed by atoms with Crippen LogP contribution in [-0.4, -0.2) is 60.8 Å². The summed E-state index contributed by atoms with van der Waals surface area (Å²) in [5.74, 6) is 1.29. The first kappa shape index (κ1) is 18.3. The van der Waals surface area contributed by atoms with Gasteiger partial charge in [0, 0.05) is 44.7 Å². The number of aliphatic imine (C=N–C) groups is 1. The van der Waals surface area contributed by atoms with E-state index < -0.39 is 0 Å². The third kappa shape index (κ3) is 4.96. The van der Waals surface area contributed by atoms with Crippen LogP contribution >= 0.6 is 24.0 Å². The summed E-state index contributed by atoms with van der Waals surface area (Å²) in [6.45, 7) is 3.28. The number of guanidine groups is 1. The third-order valence-corrected chi connectivity index (χ3v) is 5.31. The molecular formula is C16H31IN4O. The first-order valence-electron chi connectivity index (χ1n) is 8.65. The van der Waals surface area contributed by atoms with Crippen molar-refractivity contribution >= 4 is 29.9 Å². The molecule has 2 aliphatic carbocycles. The van der Waals surface area contributed by atoms with Gasteiger partial charge in [0.2, 0.25) is 0 Å². The Kier molecular flexibility index (Phi) is 7.21. The van der Waals surface area contributed by atoms with Crippen LogP contribution in [-0.2, 0) is 0 Å². The highest BCUT2D eigenvalue weighted by atomic mass is 127. The van der Waals surface area contributed by atoms with Gasteiger partial charge in [0.05, 0.1) is 6.10 Å². The van der Waals surface area contributed by atoms with Crippen molar-refractivity contribution in [3.8, 4) is 0 Å². The number of piperidine rings is 1. The number of halogens is 1. The first-order valence-corrected chi connectivity index (χ1v) is 8.65. The fraction of sp³-hybridized carbons (Fsp3) is 0.938. The van der Waals surface area contributed by atoms with E-state index in [1.165, 1.54) is 38.8 Å². The molecule has 3 rings (SSSR count). The number of nitrogens with one attached hydrogen (secondary N) is 2. The zero-order chi connectivity index (χ0) is 14.7. The van der Waals surface area contributed by atoms with E-state index in [1.54, 1.807) is 0 Å². The standard InChI is InChI=1S/C16H30N4O.HI/c1-17-16(18-11-12-3-2-4-15(12)21)19-13-7-9-20(10-8-13)14-5-6-14;/h12-15,21H,2-11H2,1H3,(H2,17,18,19);1H. The Bertz CT molecular complexity index is 367. The predicted octanol–water partition coefficient (Wildman–Crippen LogP) is 1.56. The maximum Gasteiger partial charge on any atom is 0.191 e. The van der Waals surface area contributed by atoms with Gasteiger partial charge in [-0.25, -0.2) is 0 Å². The lowest BCUT2D eigenvalue weighted by molar-refractivity contribution is 0.134. The lowest BCUT2D eigenvalue weighted by atomic mass is 10.0. The summed E-state index contributed by atoms with van der Waals surface area (Å²) in [6, 6.07) is 1.44. The van der Waals surface area contributed by atoms with Crippen LogP contribution in [0.4, 0.5) is 0 Å². The van der Waals surface area contributed by atoms with Gasteiger partial charge in [0.25, 0.3) is 0 Å². The fourth-order valence-corrected chi connectivity index (χ4v) is 3.72. The molecule has 5 nitrogen and oxygen atoms in total. The van der Waals surface area contributed by atoms with Gasteiger partial charge in [-0.05, 0) is 38.5 Å². The lowest BCUT2D eigenvalue weighted by Gasteiger charge is -2.33. The van der Waals surface area contributed by atoms with Crippen LogP contribution in [0.15, 0.2) is 4.99 Å². The Morgan fingerprint density at radius 2 is 1.86 bits per heavy atom. The van der Waals surface area contributed by atoms with Crippen LogP contribution in [0.1, 0.15) is 44.9 Å². The third-order valence-electron chi connectivity index (χ3n) is 5.31. The summed E-state index contributed by atoms with van der Waals surface area (Å²) in [6.07, 6.45) is 8.35. The summed E-state index contributed by atoms with van der Waals surface area (Å²) in [5.41, 5.74) is 0. The number of aliphatic hydroxyl groups excluding tert-OH is 1. The van der Waals surface area contributed by atoms with Crippen molar-refractivity contribution < 1.29 is 5.11 Å². The second kappa shape index (κ2) is 8.68. The molecule has 0 aromatic rings. The number of nitrogens with zero attached hydrogens (tertiary/aromatic N) is 2. The van der Waals surface area contributed by atoms with Gasteiger partial charge in [0.15, 0.2) is 5.96 Å². The highest BCUT2D eigenvalue weighted by Gasteiger charge is 2.32. The minimum atomic E-state index is -0.127. The number of rotatable bonds is 4. The van der Waals surface area contributed by atoms with Gasteiger partial charge in [-0.3, -0.25) is 4.99 Å². The molecule has 3 fully saturated rings. The van der Waals surface area contributed by atoms with Gasteiger partial charge in [-0.1, -0.05) is 6.42 Å². The summed E-state index contributed by atoms with van der Waals surface area (Å²) in [7, 11) is 1.83. The molecule has 0 spiro atoms. The second-order valence-electron chi connectivity index (χ2n) is 6.90. The number of likely N-dealkylation sites (tertiary alicyclic amines) is 1. The van der Waals surface area contributed by atoms with Crippen molar-refractivity contribution in [1.29, 1.82) is 0 Å². The molecule has 3 N–H and O–H groups in total. The molecule has 6 heteroatoms. The minimum Gasteiger partial charge on any atom is -0.393 e.